The summed E-state index contributed by atoms with van der Waals surface area (Å²) in [7, 11) is 1.62. The largest absolute Gasteiger partial charge is 0.497 e. The maximum absolute atomic E-state index is 11.5. The summed E-state index contributed by atoms with van der Waals surface area (Å²) < 4.78 is 10.6. The molecule has 20 heavy (non-hydrogen) atoms. The Bertz CT molecular complexity index is 407. The van der Waals surface area contributed by atoms with Crippen LogP contribution >= 0.6 is 12.4 Å². The van der Waals surface area contributed by atoms with E-state index in [9.17, 15) is 4.79 Å². The number of methoxy groups -OCH3 is 1. The normalized spacial score (nSPS) is 13.8. The van der Waals surface area contributed by atoms with Crippen molar-refractivity contribution < 1.29 is 14.3 Å². The summed E-state index contributed by atoms with van der Waals surface area (Å²) in [6.45, 7) is 3.15. The van der Waals surface area contributed by atoms with Crippen LogP contribution in [0.3, 0.4) is 0 Å². The molecule has 1 saturated heterocycles. The highest BCUT2D eigenvalue weighted by Gasteiger charge is 2.16. The van der Waals surface area contributed by atoms with Crippen LogP contribution in [0, 0.1) is 5.92 Å². The van der Waals surface area contributed by atoms with Gasteiger partial charge >= 0.3 is 0 Å². The molecule has 0 saturated carbocycles. The van der Waals surface area contributed by atoms with Crippen molar-refractivity contribution in [2.24, 2.45) is 5.92 Å². The van der Waals surface area contributed by atoms with Gasteiger partial charge < -0.3 is 20.1 Å². The van der Waals surface area contributed by atoms with Gasteiger partial charge in [0.1, 0.15) is 11.5 Å². The molecule has 0 unspecified atom stereocenters. The highest BCUT2D eigenvalue weighted by atomic mass is 35.5. The molecule has 1 aromatic carbocycles. The molecule has 1 aromatic rings. The van der Waals surface area contributed by atoms with E-state index in [-0.39, 0.29) is 18.3 Å². The van der Waals surface area contributed by atoms with Crippen LogP contribution in [0.1, 0.15) is 6.42 Å². The van der Waals surface area contributed by atoms with Gasteiger partial charge in [0, 0.05) is 25.6 Å². The van der Waals surface area contributed by atoms with Crippen molar-refractivity contribution in [3.05, 3.63) is 24.3 Å². The molecule has 0 aromatic heterocycles. The van der Waals surface area contributed by atoms with E-state index in [0.717, 1.165) is 31.1 Å². The van der Waals surface area contributed by atoms with Crippen LogP contribution < -0.4 is 20.1 Å². The Morgan fingerprint density at radius 3 is 2.50 bits per heavy atom. The van der Waals surface area contributed by atoms with E-state index in [2.05, 4.69) is 10.6 Å². The molecule has 1 amide bonds. The first kappa shape index (κ1) is 16.6. The number of hydrogen-bond donors (Lipinski definition) is 2. The molecule has 1 aliphatic rings. The minimum atomic E-state index is 0. The molecule has 0 radical (unpaired) electrons. The van der Waals surface area contributed by atoms with Crippen molar-refractivity contribution in [2.45, 2.75) is 6.42 Å². The van der Waals surface area contributed by atoms with Gasteiger partial charge in [-0.25, -0.2) is 0 Å². The van der Waals surface area contributed by atoms with Crippen molar-refractivity contribution in [1.29, 1.82) is 0 Å². The summed E-state index contributed by atoms with van der Waals surface area (Å²) in [5.74, 6) is 2.17. The van der Waals surface area contributed by atoms with E-state index in [4.69, 9.17) is 9.47 Å². The molecule has 2 N–H and O–H groups in total. The lowest BCUT2D eigenvalue weighted by molar-refractivity contribution is -0.121. The van der Waals surface area contributed by atoms with Gasteiger partial charge in [0.15, 0.2) is 0 Å². The van der Waals surface area contributed by atoms with E-state index in [1.165, 1.54) is 0 Å². The summed E-state index contributed by atoms with van der Waals surface area (Å²) in [4.78, 5) is 11.5. The number of carbonyl (C=O) groups excluding carboxylic acids is 1. The Morgan fingerprint density at radius 2 is 1.95 bits per heavy atom. The van der Waals surface area contributed by atoms with Crippen molar-refractivity contribution in [2.75, 3.05) is 33.4 Å². The van der Waals surface area contributed by atoms with Gasteiger partial charge in [-0.1, -0.05) is 0 Å². The van der Waals surface area contributed by atoms with E-state index < -0.39 is 0 Å². The van der Waals surface area contributed by atoms with E-state index in [1.54, 1.807) is 7.11 Å². The van der Waals surface area contributed by atoms with E-state index in [1.807, 2.05) is 24.3 Å². The molecule has 6 heteroatoms. The molecule has 1 fully saturated rings. The molecule has 0 spiro atoms. The van der Waals surface area contributed by atoms with E-state index >= 15 is 0 Å². The van der Waals surface area contributed by atoms with Gasteiger partial charge in [-0.3, -0.25) is 4.79 Å². The number of hydrogen-bond acceptors (Lipinski definition) is 4. The number of halogens is 1. The Balaban J connectivity index is 0.00000200. The Morgan fingerprint density at radius 1 is 1.30 bits per heavy atom. The topological polar surface area (TPSA) is 59.6 Å². The van der Waals surface area contributed by atoms with Crippen molar-refractivity contribution >= 4 is 18.3 Å². The molecule has 2 rings (SSSR count). The van der Waals surface area contributed by atoms with Gasteiger partial charge in [0.25, 0.3) is 0 Å². The fourth-order valence-corrected chi connectivity index (χ4v) is 1.77. The zero-order chi connectivity index (χ0) is 13.5. The lowest BCUT2D eigenvalue weighted by Crippen LogP contribution is -2.48. The van der Waals surface area contributed by atoms with Crippen molar-refractivity contribution in [3.63, 3.8) is 0 Å². The molecule has 0 atom stereocenters. The number of benzene rings is 1. The fourth-order valence-electron chi connectivity index (χ4n) is 1.77. The van der Waals surface area contributed by atoms with Gasteiger partial charge in [-0.05, 0) is 24.3 Å². The summed E-state index contributed by atoms with van der Waals surface area (Å²) in [6, 6.07) is 7.32. The quantitative estimate of drug-likeness (QED) is 0.795. The van der Waals surface area contributed by atoms with Crippen LogP contribution in [-0.4, -0.2) is 39.3 Å². The van der Waals surface area contributed by atoms with Crippen LogP contribution in [0.15, 0.2) is 24.3 Å². The predicted octanol–water partition coefficient (Wildman–Crippen LogP) is 1.22. The SMILES string of the molecule is COc1ccc(OCCC(=O)NCC2CNC2)cc1.Cl. The smallest absolute Gasteiger partial charge is 0.223 e. The van der Waals surface area contributed by atoms with Gasteiger partial charge in [-0.2, -0.15) is 0 Å². The second kappa shape index (κ2) is 8.66. The van der Waals surface area contributed by atoms with Crippen LogP contribution in [-0.2, 0) is 4.79 Å². The highest BCUT2D eigenvalue weighted by Crippen LogP contribution is 2.16. The van der Waals surface area contributed by atoms with Crippen molar-refractivity contribution in [1.82, 2.24) is 10.6 Å². The second-order valence-corrected chi connectivity index (χ2v) is 4.60. The van der Waals surface area contributed by atoms with Gasteiger partial charge in [0.2, 0.25) is 5.91 Å². The monoisotopic (exact) mass is 300 g/mol. The second-order valence-electron chi connectivity index (χ2n) is 4.60. The maximum atomic E-state index is 11.5. The third-order valence-corrected chi connectivity index (χ3v) is 3.11. The summed E-state index contributed by atoms with van der Waals surface area (Å²) in [5, 5.41) is 6.08. The summed E-state index contributed by atoms with van der Waals surface area (Å²) in [6.07, 6.45) is 0.381. The molecular weight excluding hydrogens is 280 g/mol. The molecule has 1 aliphatic heterocycles. The summed E-state index contributed by atoms with van der Waals surface area (Å²) in [5.41, 5.74) is 0. The zero-order valence-corrected chi connectivity index (χ0v) is 12.4. The highest BCUT2D eigenvalue weighted by molar-refractivity contribution is 5.85. The van der Waals surface area contributed by atoms with Crippen LogP contribution in [0.4, 0.5) is 0 Å². The lowest BCUT2D eigenvalue weighted by atomic mass is 10.0. The zero-order valence-electron chi connectivity index (χ0n) is 11.6. The Kier molecular flexibility index (Phi) is 7.18. The van der Waals surface area contributed by atoms with E-state index in [0.29, 0.717) is 18.9 Å². The first-order valence-electron chi connectivity index (χ1n) is 6.52. The Labute approximate surface area is 125 Å². The number of rotatable bonds is 7. The van der Waals surface area contributed by atoms with Crippen LogP contribution in [0.5, 0.6) is 11.5 Å². The minimum absolute atomic E-state index is 0. The first-order valence-corrected chi connectivity index (χ1v) is 6.52. The number of nitrogens with one attached hydrogen (secondary N) is 2. The van der Waals surface area contributed by atoms with Gasteiger partial charge in [-0.15, -0.1) is 12.4 Å². The third kappa shape index (κ3) is 5.27. The molecule has 1 heterocycles. The third-order valence-electron chi connectivity index (χ3n) is 3.11. The van der Waals surface area contributed by atoms with Crippen molar-refractivity contribution in [3.8, 4) is 11.5 Å². The molecule has 112 valence electrons. The number of amides is 1. The van der Waals surface area contributed by atoms with Crippen LogP contribution in [0.2, 0.25) is 0 Å². The minimum Gasteiger partial charge on any atom is -0.497 e. The van der Waals surface area contributed by atoms with Gasteiger partial charge in [0.05, 0.1) is 20.1 Å². The number of carbonyl (C=O) groups is 1. The fraction of sp³-hybridized carbons (Fsp3) is 0.500. The van der Waals surface area contributed by atoms with Crippen LogP contribution in [0.25, 0.3) is 0 Å². The predicted molar refractivity (Wildman–Crippen MR) is 79.7 cm³/mol. The standard InChI is InChI=1S/C14H20N2O3.ClH/c1-18-12-2-4-13(5-3-12)19-7-6-14(17)16-10-11-8-15-9-11;/h2-5,11,15H,6-10H2,1H3,(H,16,17);1H. The molecule has 5 nitrogen and oxygen atoms in total. The molecular formula is C14H21ClN2O3. The first-order chi connectivity index (χ1) is 9.28. The molecule has 0 bridgehead atoms. The number of ether oxygens (including phenoxy) is 2. The average Bonchev–Trinajstić information content (AvgIpc) is 2.38. The lowest BCUT2D eigenvalue weighted by Gasteiger charge is -2.27. The summed E-state index contributed by atoms with van der Waals surface area (Å²) >= 11 is 0. The molecule has 0 aliphatic carbocycles. The average molecular weight is 301 g/mol. The maximum Gasteiger partial charge on any atom is 0.223 e. The Hall–Kier alpha value is -1.46.